The summed E-state index contributed by atoms with van der Waals surface area (Å²) in [5, 5.41) is 3.12. The third-order valence-corrected chi connectivity index (χ3v) is 2.50. The van der Waals surface area contributed by atoms with E-state index in [2.05, 4.69) is 20.7 Å². The number of nitrogen functional groups attached to an aromatic ring is 1. The van der Waals surface area contributed by atoms with Gasteiger partial charge in [0, 0.05) is 0 Å². The molecule has 2 aromatic rings. The lowest BCUT2D eigenvalue weighted by atomic mass is 10.3. The van der Waals surface area contributed by atoms with Gasteiger partial charge in [0.05, 0.1) is 19.9 Å². The first-order valence-electron chi connectivity index (χ1n) is 5.55. The maximum Gasteiger partial charge on any atom is 0.205 e. The van der Waals surface area contributed by atoms with Crippen molar-refractivity contribution in [2.75, 3.05) is 25.0 Å². The van der Waals surface area contributed by atoms with E-state index in [-0.39, 0.29) is 0 Å². The first-order valence-corrected chi connectivity index (χ1v) is 5.55. The molecule has 7 nitrogen and oxygen atoms in total. The maximum atomic E-state index is 5.37. The van der Waals surface area contributed by atoms with Gasteiger partial charge in [0.2, 0.25) is 5.75 Å². The second-order valence-electron chi connectivity index (χ2n) is 3.57. The van der Waals surface area contributed by atoms with E-state index in [1.54, 1.807) is 7.11 Å². The van der Waals surface area contributed by atoms with Gasteiger partial charge in [0.1, 0.15) is 12.1 Å². The van der Waals surface area contributed by atoms with Crippen LogP contribution in [0, 0.1) is 0 Å². The lowest BCUT2D eigenvalue weighted by Gasteiger charge is -2.14. The molecule has 0 saturated carbocycles. The molecule has 7 heteroatoms. The van der Waals surface area contributed by atoms with Crippen LogP contribution in [-0.4, -0.2) is 24.2 Å². The summed E-state index contributed by atoms with van der Waals surface area (Å²) in [5.74, 6) is 7.39. The zero-order chi connectivity index (χ0) is 13.7. The van der Waals surface area contributed by atoms with Crippen LogP contribution in [0.5, 0.6) is 11.5 Å². The van der Waals surface area contributed by atoms with E-state index >= 15 is 0 Å². The Morgan fingerprint density at radius 2 is 1.79 bits per heavy atom. The smallest absolute Gasteiger partial charge is 0.205 e. The highest BCUT2D eigenvalue weighted by Crippen LogP contribution is 2.33. The van der Waals surface area contributed by atoms with Crippen molar-refractivity contribution in [3.63, 3.8) is 0 Å². The first kappa shape index (κ1) is 12.9. The first-order chi connectivity index (χ1) is 9.30. The van der Waals surface area contributed by atoms with Gasteiger partial charge in [-0.05, 0) is 12.1 Å². The normalized spacial score (nSPS) is 9.84. The molecule has 0 fully saturated rings. The summed E-state index contributed by atoms with van der Waals surface area (Å²) in [6, 6.07) is 7.49. The Balaban J connectivity index is 2.38. The highest BCUT2D eigenvalue weighted by atomic mass is 16.5. The predicted molar refractivity (Wildman–Crippen MR) is 72.7 cm³/mol. The molecule has 0 atom stereocenters. The van der Waals surface area contributed by atoms with E-state index in [1.807, 2.05) is 24.3 Å². The highest BCUT2D eigenvalue weighted by molar-refractivity contribution is 5.72. The number of rotatable bonds is 5. The molecule has 1 aromatic carbocycles. The second kappa shape index (κ2) is 5.87. The van der Waals surface area contributed by atoms with Crippen molar-refractivity contribution >= 4 is 17.3 Å². The van der Waals surface area contributed by atoms with E-state index in [0.717, 1.165) is 5.69 Å². The molecule has 1 aromatic heterocycles. The van der Waals surface area contributed by atoms with Crippen LogP contribution in [0.1, 0.15) is 0 Å². The number of benzene rings is 1. The van der Waals surface area contributed by atoms with E-state index in [1.165, 1.54) is 13.4 Å². The molecule has 1 heterocycles. The Bertz CT molecular complexity index is 562. The van der Waals surface area contributed by atoms with Crippen LogP contribution in [-0.2, 0) is 0 Å². The van der Waals surface area contributed by atoms with Gasteiger partial charge in [-0.1, -0.05) is 12.1 Å². The topological polar surface area (TPSA) is 94.3 Å². The summed E-state index contributed by atoms with van der Waals surface area (Å²) in [5.41, 5.74) is 3.22. The maximum absolute atomic E-state index is 5.37. The molecule has 2 rings (SSSR count). The number of aromatic nitrogens is 2. The van der Waals surface area contributed by atoms with E-state index in [4.69, 9.17) is 15.3 Å². The van der Waals surface area contributed by atoms with Gasteiger partial charge >= 0.3 is 0 Å². The molecule has 0 aliphatic carbocycles. The number of ether oxygens (including phenoxy) is 2. The third-order valence-electron chi connectivity index (χ3n) is 2.50. The zero-order valence-electron chi connectivity index (χ0n) is 10.7. The van der Waals surface area contributed by atoms with Crippen LogP contribution >= 0.6 is 0 Å². The van der Waals surface area contributed by atoms with Crippen LogP contribution in [0.25, 0.3) is 0 Å². The number of hydrogen-bond acceptors (Lipinski definition) is 7. The summed E-state index contributed by atoms with van der Waals surface area (Å²) in [4.78, 5) is 8.10. The lowest BCUT2D eigenvalue weighted by Crippen LogP contribution is -2.11. The summed E-state index contributed by atoms with van der Waals surface area (Å²) >= 11 is 0. The summed E-state index contributed by atoms with van der Waals surface area (Å²) in [6.45, 7) is 0. The third kappa shape index (κ3) is 2.66. The van der Waals surface area contributed by atoms with Crippen LogP contribution in [0.3, 0.4) is 0 Å². The van der Waals surface area contributed by atoms with Crippen molar-refractivity contribution in [3.8, 4) is 11.5 Å². The number of anilines is 3. The molecule has 100 valence electrons. The summed E-state index contributed by atoms with van der Waals surface area (Å²) in [7, 11) is 3.12. The van der Waals surface area contributed by atoms with Crippen molar-refractivity contribution in [3.05, 3.63) is 30.6 Å². The minimum absolute atomic E-state index is 0.398. The molecule has 19 heavy (non-hydrogen) atoms. The molecule has 0 radical (unpaired) electrons. The molecule has 0 saturated heterocycles. The van der Waals surface area contributed by atoms with Crippen LogP contribution in [0.2, 0.25) is 0 Å². The number of para-hydroxylation sites is 2. The number of hydrogen-bond donors (Lipinski definition) is 3. The van der Waals surface area contributed by atoms with Crippen molar-refractivity contribution in [1.82, 2.24) is 9.97 Å². The fourth-order valence-corrected chi connectivity index (χ4v) is 1.63. The van der Waals surface area contributed by atoms with Crippen LogP contribution in [0.15, 0.2) is 30.6 Å². The Hall–Kier alpha value is -2.54. The molecule has 0 unspecified atom stereocenters. The van der Waals surface area contributed by atoms with Gasteiger partial charge in [0.15, 0.2) is 11.6 Å². The molecule has 0 aliphatic heterocycles. The number of hydrazine groups is 1. The number of nitrogens with zero attached hydrogens (tertiary/aromatic N) is 2. The minimum Gasteiger partial charge on any atom is -0.495 e. The van der Waals surface area contributed by atoms with E-state index in [0.29, 0.717) is 23.1 Å². The fourth-order valence-electron chi connectivity index (χ4n) is 1.63. The van der Waals surface area contributed by atoms with Gasteiger partial charge < -0.3 is 20.2 Å². The Morgan fingerprint density at radius 3 is 2.47 bits per heavy atom. The number of nitrogens with one attached hydrogen (secondary N) is 2. The molecule has 0 bridgehead atoms. The largest absolute Gasteiger partial charge is 0.495 e. The average Bonchev–Trinajstić information content (AvgIpc) is 2.47. The van der Waals surface area contributed by atoms with Crippen molar-refractivity contribution in [2.24, 2.45) is 5.84 Å². The summed E-state index contributed by atoms with van der Waals surface area (Å²) in [6.07, 6.45) is 1.38. The standard InChI is InChI=1S/C12H15N5O2/c1-18-9-6-4-3-5-8(9)16-11-10(19-2)12(17-13)15-7-14-11/h3-7H,13H2,1-2H3,(H2,14,15,16,17). The lowest BCUT2D eigenvalue weighted by molar-refractivity contribution is 0.413. The monoisotopic (exact) mass is 261 g/mol. The van der Waals surface area contributed by atoms with Gasteiger partial charge in [-0.2, -0.15) is 0 Å². The molecule has 0 amide bonds. The van der Waals surface area contributed by atoms with Crippen molar-refractivity contribution in [1.29, 1.82) is 0 Å². The average molecular weight is 261 g/mol. The molecular formula is C12H15N5O2. The van der Waals surface area contributed by atoms with Crippen LogP contribution < -0.4 is 26.1 Å². The van der Waals surface area contributed by atoms with Gasteiger partial charge in [-0.3, -0.25) is 0 Å². The fraction of sp³-hybridized carbons (Fsp3) is 0.167. The SMILES string of the molecule is COc1ccccc1Nc1ncnc(NN)c1OC. The van der Waals surface area contributed by atoms with Crippen molar-refractivity contribution in [2.45, 2.75) is 0 Å². The van der Waals surface area contributed by atoms with E-state index in [9.17, 15) is 0 Å². The van der Waals surface area contributed by atoms with Gasteiger partial charge in [0.25, 0.3) is 0 Å². The number of methoxy groups -OCH3 is 2. The van der Waals surface area contributed by atoms with E-state index < -0.39 is 0 Å². The molecule has 0 spiro atoms. The highest BCUT2D eigenvalue weighted by Gasteiger charge is 2.12. The Kier molecular flexibility index (Phi) is 3.99. The molecule has 0 aliphatic rings. The van der Waals surface area contributed by atoms with Gasteiger partial charge in [-0.15, -0.1) is 0 Å². The Morgan fingerprint density at radius 1 is 1.05 bits per heavy atom. The quantitative estimate of drug-likeness (QED) is 0.555. The minimum atomic E-state index is 0.398. The van der Waals surface area contributed by atoms with Crippen molar-refractivity contribution < 1.29 is 9.47 Å². The second-order valence-corrected chi connectivity index (χ2v) is 3.57. The summed E-state index contributed by atoms with van der Waals surface area (Å²) < 4.78 is 10.5. The molecule has 4 N–H and O–H groups in total. The predicted octanol–water partition coefficient (Wildman–Crippen LogP) is 1.52. The van der Waals surface area contributed by atoms with Gasteiger partial charge in [-0.25, -0.2) is 15.8 Å². The Labute approximate surface area is 110 Å². The molecular weight excluding hydrogens is 246 g/mol. The number of nitrogens with two attached hydrogens (primary N) is 1. The zero-order valence-corrected chi connectivity index (χ0v) is 10.7. The van der Waals surface area contributed by atoms with Crippen LogP contribution in [0.4, 0.5) is 17.3 Å².